The van der Waals surface area contributed by atoms with Crippen LogP contribution in [0.4, 0.5) is 0 Å². The standard InChI is InChI=1S/C17H15Cl2NO4S/c1-24-13-3-5-14(6-4-13)25-17(21)8-11(10-20(22)23)15-7-2-12(18)9-16(15)19/h2-7,9,11H,8,10H2,1H3/t11-/m0/s1. The molecule has 0 amide bonds. The normalized spacial score (nSPS) is 11.8. The molecule has 0 spiro atoms. The van der Waals surface area contributed by atoms with Gasteiger partial charge in [-0.1, -0.05) is 41.0 Å². The number of hydrogen-bond donors (Lipinski definition) is 0. The summed E-state index contributed by atoms with van der Waals surface area (Å²) >= 11 is 13.0. The van der Waals surface area contributed by atoms with Crippen molar-refractivity contribution in [2.45, 2.75) is 17.2 Å². The van der Waals surface area contributed by atoms with E-state index in [0.29, 0.717) is 21.4 Å². The second-order valence-corrected chi connectivity index (χ2v) is 7.21. The lowest BCUT2D eigenvalue weighted by molar-refractivity contribution is -0.483. The number of carbonyl (C=O) groups excluding carboxylic acids is 1. The number of nitrogens with zero attached hydrogens (tertiary/aromatic N) is 1. The molecule has 0 N–H and O–H groups in total. The first-order valence-electron chi connectivity index (χ1n) is 7.30. The first-order chi connectivity index (χ1) is 11.9. The van der Waals surface area contributed by atoms with Crippen molar-refractivity contribution in [1.82, 2.24) is 0 Å². The maximum absolute atomic E-state index is 12.4. The molecule has 2 aromatic rings. The van der Waals surface area contributed by atoms with Crippen LogP contribution in [0.2, 0.25) is 10.0 Å². The maximum Gasteiger partial charge on any atom is 0.211 e. The van der Waals surface area contributed by atoms with E-state index in [1.807, 2.05) is 0 Å². The third kappa shape index (κ3) is 5.92. The van der Waals surface area contributed by atoms with Crippen LogP contribution in [-0.2, 0) is 4.79 Å². The molecule has 132 valence electrons. The number of rotatable bonds is 7. The topological polar surface area (TPSA) is 69.4 Å². The number of nitro groups is 1. The zero-order valence-electron chi connectivity index (χ0n) is 13.3. The highest BCUT2D eigenvalue weighted by atomic mass is 35.5. The summed E-state index contributed by atoms with van der Waals surface area (Å²) < 4.78 is 5.07. The largest absolute Gasteiger partial charge is 0.497 e. The number of carbonyl (C=O) groups is 1. The van der Waals surface area contributed by atoms with E-state index in [4.69, 9.17) is 27.9 Å². The highest BCUT2D eigenvalue weighted by Gasteiger charge is 2.24. The Balaban J connectivity index is 2.12. The Morgan fingerprint density at radius 1 is 1.24 bits per heavy atom. The molecule has 5 nitrogen and oxygen atoms in total. The van der Waals surface area contributed by atoms with Crippen LogP contribution in [0.3, 0.4) is 0 Å². The van der Waals surface area contributed by atoms with Crippen molar-refractivity contribution in [1.29, 1.82) is 0 Å². The van der Waals surface area contributed by atoms with Crippen LogP contribution in [0.25, 0.3) is 0 Å². The van der Waals surface area contributed by atoms with Crippen LogP contribution < -0.4 is 4.74 Å². The van der Waals surface area contributed by atoms with Crippen molar-refractivity contribution in [2.24, 2.45) is 0 Å². The van der Waals surface area contributed by atoms with Gasteiger partial charge in [0.25, 0.3) is 0 Å². The Morgan fingerprint density at radius 2 is 1.92 bits per heavy atom. The van der Waals surface area contributed by atoms with E-state index in [9.17, 15) is 14.9 Å². The van der Waals surface area contributed by atoms with Crippen molar-refractivity contribution in [2.75, 3.05) is 13.7 Å². The molecule has 0 saturated heterocycles. The second kappa shape index (κ2) is 9.08. The van der Waals surface area contributed by atoms with Gasteiger partial charge in [-0.3, -0.25) is 14.9 Å². The molecule has 0 fully saturated rings. The highest BCUT2D eigenvalue weighted by Crippen LogP contribution is 2.33. The van der Waals surface area contributed by atoms with Crippen molar-refractivity contribution in [3.05, 3.63) is 68.2 Å². The fourth-order valence-electron chi connectivity index (χ4n) is 2.30. The summed E-state index contributed by atoms with van der Waals surface area (Å²) in [5, 5.41) is 11.6. The van der Waals surface area contributed by atoms with Crippen LogP contribution in [0.1, 0.15) is 17.9 Å². The summed E-state index contributed by atoms with van der Waals surface area (Å²) in [7, 11) is 1.56. The van der Waals surface area contributed by atoms with E-state index < -0.39 is 10.8 Å². The zero-order valence-corrected chi connectivity index (χ0v) is 15.6. The quantitative estimate of drug-likeness (QED) is 0.369. The van der Waals surface area contributed by atoms with Gasteiger partial charge in [0, 0.05) is 26.3 Å². The van der Waals surface area contributed by atoms with Crippen molar-refractivity contribution in [3.63, 3.8) is 0 Å². The monoisotopic (exact) mass is 399 g/mol. The third-order valence-electron chi connectivity index (χ3n) is 3.48. The Bertz CT molecular complexity index is 768. The number of hydrogen-bond acceptors (Lipinski definition) is 5. The Morgan fingerprint density at radius 3 is 2.48 bits per heavy atom. The average Bonchev–Trinajstić information content (AvgIpc) is 2.54. The maximum atomic E-state index is 12.4. The van der Waals surface area contributed by atoms with E-state index in [1.165, 1.54) is 6.07 Å². The highest BCUT2D eigenvalue weighted by molar-refractivity contribution is 8.13. The molecule has 0 aromatic heterocycles. The molecule has 2 aromatic carbocycles. The Labute approximate surface area is 159 Å². The molecule has 0 unspecified atom stereocenters. The van der Waals surface area contributed by atoms with Crippen molar-refractivity contribution >= 4 is 40.1 Å². The summed E-state index contributed by atoms with van der Waals surface area (Å²) in [6.07, 6.45) is -0.000964. The van der Waals surface area contributed by atoms with Gasteiger partial charge >= 0.3 is 0 Å². The van der Waals surface area contributed by atoms with Crippen LogP contribution >= 0.6 is 35.0 Å². The van der Waals surface area contributed by atoms with Gasteiger partial charge in [0.1, 0.15) is 5.75 Å². The van der Waals surface area contributed by atoms with Gasteiger partial charge in [0.15, 0.2) is 5.12 Å². The summed E-state index contributed by atoms with van der Waals surface area (Å²) in [4.78, 5) is 23.6. The van der Waals surface area contributed by atoms with E-state index in [2.05, 4.69) is 0 Å². The first kappa shape index (κ1) is 19.6. The lowest BCUT2D eigenvalue weighted by atomic mass is 9.96. The van der Waals surface area contributed by atoms with Crippen LogP contribution in [-0.4, -0.2) is 23.7 Å². The lowest BCUT2D eigenvalue weighted by Crippen LogP contribution is -2.15. The fraction of sp³-hybridized carbons (Fsp3) is 0.235. The molecule has 0 aliphatic rings. The Hall–Kier alpha value is -1.76. The smallest absolute Gasteiger partial charge is 0.211 e. The zero-order chi connectivity index (χ0) is 18.4. The molecule has 25 heavy (non-hydrogen) atoms. The van der Waals surface area contributed by atoms with E-state index in [0.717, 1.165) is 16.7 Å². The SMILES string of the molecule is COc1ccc(SC(=O)C[C@@H](C[N+](=O)[O-])c2ccc(Cl)cc2Cl)cc1. The van der Waals surface area contributed by atoms with Gasteiger partial charge in [-0.15, -0.1) is 0 Å². The molecule has 0 bridgehead atoms. The molecular formula is C17H15Cl2NO4S. The first-order valence-corrected chi connectivity index (χ1v) is 8.87. The average molecular weight is 400 g/mol. The predicted octanol–water partition coefficient (Wildman–Crippen LogP) is 5.07. The number of methoxy groups -OCH3 is 1. The molecule has 2 rings (SSSR count). The summed E-state index contributed by atoms with van der Waals surface area (Å²) in [5.74, 6) is 0.0778. The van der Waals surface area contributed by atoms with Crippen LogP contribution in [0.15, 0.2) is 47.4 Å². The number of thioether (sulfide) groups is 1. The number of ether oxygens (including phenoxy) is 1. The fourth-order valence-corrected chi connectivity index (χ4v) is 3.69. The molecule has 0 heterocycles. The summed E-state index contributed by atoms with van der Waals surface area (Å²) in [5.41, 5.74) is 0.548. The summed E-state index contributed by atoms with van der Waals surface area (Å²) in [6, 6.07) is 11.8. The molecule has 1 atom stereocenters. The molecule has 0 radical (unpaired) electrons. The van der Waals surface area contributed by atoms with Gasteiger partial charge in [-0.2, -0.15) is 0 Å². The Kier molecular flexibility index (Phi) is 7.11. The van der Waals surface area contributed by atoms with E-state index >= 15 is 0 Å². The van der Waals surface area contributed by atoms with Crippen molar-refractivity contribution in [3.8, 4) is 5.75 Å². The third-order valence-corrected chi connectivity index (χ3v) is 4.94. The number of halogens is 2. The lowest BCUT2D eigenvalue weighted by Gasteiger charge is -2.14. The second-order valence-electron chi connectivity index (χ2n) is 5.23. The van der Waals surface area contributed by atoms with E-state index in [-0.39, 0.29) is 18.1 Å². The van der Waals surface area contributed by atoms with Crippen molar-refractivity contribution < 1.29 is 14.5 Å². The number of benzene rings is 2. The van der Waals surface area contributed by atoms with Gasteiger partial charge < -0.3 is 4.74 Å². The van der Waals surface area contributed by atoms with Crippen LogP contribution in [0.5, 0.6) is 5.75 Å². The van der Waals surface area contributed by atoms with E-state index in [1.54, 1.807) is 43.5 Å². The minimum Gasteiger partial charge on any atom is -0.497 e. The van der Waals surface area contributed by atoms with Crippen LogP contribution in [0, 0.1) is 10.1 Å². The minimum absolute atomic E-state index is 0.000964. The molecular weight excluding hydrogens is 385 g/mol. The molecule has 0 aliphatic heterocycles. The summed E-state index contributed by atoms with van der Waals surface area (Å²) in [6.45, 7) is -0.379. The van der Waals surface area contributed by atoms with Gasteiger partial charge in [-0.25, -0.2) is 0 Å². The van der Waals surface area contributed by atoms with Gasteiger partial charge in [0.05, 0.1) is 13.0 Å². The molecule has 0 saturated carbocycles. The predicted molar refractivity (Wildman–Crippen MR) is 99.5 cm³/mol. The van der Waals surface area contributed by atoms with Gasteiger partial charge in [0.2, 0.25) is 6.54 Å². The van der Waals surface area contributed by atoms with Gasteiger partial charge in [-0.05, 0) is 42.0 Å². The molecule has 0 aliphatic carbocycles. The molecule has 8 heteroatoms. The minimum atomic E-state index is -0.613.